The first-order chi connectivity index (χ1) is 7.52. The first-order valence-corrected chi connectivity index (χ1v) is 4.22. The van der Waals surface area contributed by atoms with Gasteiger partial charge in [-0.15, -0.1) is 0 Å². The number of benzene rings is 1. The zero-order valence-corrected chi connectivity index (χ0v) is 8.10. The fourth-order valence-corrected chi connectivity index (χ4v) is 1.16. The van der Waals surface area contributed by atoms with Gasteiger partial charge in [0.15, 0.2) is 0 Å². The molecule has 1 atom stereocenters. The van der Waals surface area contributed by atoms with Gasteiger partial charge in [0.2, 0.25) is 0 Å². The molecule has 2 nitrogen and oxygen atoms in total. The van der Waals surface area contributed by atoms with Gasteiger partial charge in [0.25, 0.3) is 5.79 Å². The number of alkyl halides is 6. The van der Waals surface area contributed by atoms with Crippen LogP contribution in [0.15, 0.2) is 24.3 Å². The van der Waals surface area contributed by atoms with E-state index in [4.69, 9.17) is 5.11 Å². The average Bonchev–Trinajstić information content (AvgIpc) is 2.16. The van der Waals surface area contributed by atoms with Crippen LogP contribution in [0.3, 0.4) is 0 Å². The maximum Gasteiger partial charge on any atom is 0.458 e. The molecule has 0 saturated heterocycles. The Morgan fingerprint density at radius 1 is 0.941 bits per heavy atom. The lowest BCUT2D eigenvalue weighted by atomic mass is 9.97. The van der Waals surface area contributed by atoms with Crippen LogP contribution in [0.1, 0.15) is 5.56 Å². The number of hydrogen-bond acceptors (Lipinski definition) is 2. The summed E-state index contributed by atoms with van der Waals surface area (Å²) in [6.45, 7) is 0. The minimum absolute atomic E-state index is 0.551. The molecule has 0 aliphatic heterocycles. The van der Waals surface area contributed by atoms with Gasteiger partial charge < -0.3 is 5.11 Å². The van der Waals surface area contributed by atoms with Crippen LogP contribution in [0.5, 0.6) is 5.75 Å². The molecule has 0 aromatic heterocycles. The lowest BCUT2D eigenvalue weighted by Gasteiger charge is -2.31. The summed E-state index contributed by atoms with van der Waals surface area (Å²) in [4.78, 5) is 0. The summed E-state index contributed by atoms with van der Waals surface area (Å²) in [5.74, 6) is -11.4. The van der Waals surface area contributed by atoms with E-state index < -0.39 is 29.2 Å². The number of rotatable bonds is 2. The number of phenols is 1. The van der Waals surface area contributed by atoms with Crippen LogP contribution < -0.4 is 5.73 Å². The maximum atomic E-state index is 13.5. The van der Waals surface area contributed by atoms with E-state index in [1.807, 2.05) is 0 Å². The Morgan fingerprint density at radius 3 is 1.82 bits per heavy atom. The van der Waals surface area contributed by atoms with Crippen LogP contribution >= 0.6 is 0 Å². The van der Waals surface area contributed by atoms with Gasteiger partial charge >= 0.3 is 12.1 Å². The van der Waals surface area contributed by atoms with Crippen LogP contribution in [0.2, 0.25) is 0 Å². The van der Waals surface area contributed by atoms with E-state index in [0.717, 1.165) is 18.2 Å². The maximum absolute atomic E-state index is 13.5. The standard InChI is InChI=1S/C9H7F6NO/c10-7(16,8(11,12)9(13,14)15)5-3-1-2-4-6(5)17/h1-4,17H,16H2. The molecule has 17 heavy (non-hydrogen) atoms. The Hall–Kier alpha value is -1.44. The van der Waals surface area contributed by atoms with Crippen LogP contribution in [0, 0.1) is 0 Å². The fourth-order valence-electron chi connectivity index (χ4n) is 1.16. The molecule has 0 saturated carbocycles. The van der Waals surface area contributed by atoms with Crippen molar-refractivity contribution in [2.75, 3.05) is 0 Å². The van der Waals surface area contributed by atoms with Crippen LogP contribution in [0.4, 0.5) is 26.3 Å². The van der Waals surface area contributed by atoms with Gasteiger partial charge in [0, 0.05) is 0 Å². The van der Waals surface area contributed by atoms with Crippen LogP contribution in [0.25, 0.3) is 0 Å². The minimum Gasteiger partial charge on any atom is -0.507 e. The van der Waals surface area contributed by atoms with E-state index in [0.29, 0.717) is 6.07 Å². The third kappa shape index (κ3) is 2.04. The molecule has 8 heteroatoms. The molecule has 0 aliphatic rings. The van der Waals surface area contributed by atoms with Gasteiger partial charge in [-0.05, 0) is 6.07 Å². The van der Waals surface area contributed by atoms with Crippen molar-refractivity contribution >= 4 is 0 Å². The van der Waals surface area contributed by atoms with Crippen molar-refractivity contribution in [1.29, 1.82) is 0 Å². The Bertz CT molecular complexity index is 414. The third-order valence-corrected chi connectivity index (χ3v) is 2.11. The molecule has 0 amide bonds. The minimum atomic E-state index is -6.17. The van der Waals surface area contributed by atoms with Gasteiger partial charge in [0.05, 0.1) is 5.56 Å². The predicted octanol–water partition coefficient (Wildman–Crippen LogP) is 2.67. The summed E-state index contributed by atoms with van der Waals surface area (Å²) in [6, 6.07) is 3.40. The molecule has 0 bridgehead atoms. The van der Waals surface area contributed by atoms with E-state index in [-0.39, 0.29) is 0 Å². The topological polar surface area (TPSA) is 46.2 Å². The van der Waals surface area contributed by atoms with Crippen molar-refractivity contribution in [3.05, 3.63) is 29.8 Å². The molecule has 0 spiro atoms. The van der Waals surface area contributed by atoms with Crippen molar-refractivity contribution in [1.82, 2.24) is 0 Å². The first kappa shape index (κ1) is 13.6. The van der Waals surface area contributed by atoms with E-state index in [9.17, 15) is 26.3 Å². The monoisotopic (exact) mass is 259 g/mol. The van der Waals surface area contributed by atoms with Crippen molar-refractivity contribution < 1.29 is 31.4 Å². The molecule has 1 unspecified atom stereocenters. The van der Waals surface area contributed by atoms with Crippen LogP contribution in [-0.2, 0) is 5.79 Å². The largest absolute Gasteiger partial charge is 0.507 e. The van der Waals surface area contributed by atoms with Gasteiger partial charge in [-0.3, -0.25) is 5.73 Å². The van der Waals surface area contributed by atoms with Crippen molar-refractivity contribution in [2.24, 2.45) is 5.73 Å². The molecule has 1 rings (SSSR count). The summed E-state index contributed by atoms with van der Waals surface area (Å²) in [7, 11) is 0. The Labute approximate surface area is 91.7 Å². The van der Waals surface area contributed by atoms with Gasteiger partial charge in [-0.1, -0.05) is 18.2 Å². The second kappa shape index (κ2) is 3.80. The molecule has 0 heterocycles. The highest BCUT2D eigenvalue weighted by atomic mass is 19.4. The number of phenolic OH excluding ortho intramolecular Hbond substituents is 1. The Morgan fingerprint density at radius 2 is 1.41 bits per heavy atom. The second-order valence-corrected chi connectivity index (χ2v) is 3.30. The highest BCUT2D eigenvalue weighted by molar-refractivity contribution is 5.38. The van der Waals surface area contributed by atoms with Gasteiger partial charge in [0.1, 0.15) is 5.75 Å². The van der Waals surface area contributed by atoms with Crippen molar-refractivity contribution in [3.8, 4) is 5.75 Å². The quantitative estimate of drug-likeness (QED) is 0.633. The SMILES string of the molecule is NC(F)(c1ccccc1O)C(F)(F)C(F)(F)F. The number of hydrogen-bond donors (Lipinski definition) is 2. The van der Waals surface area contributed by atoms with Crippen LogP contribution in [-0.4, -0.2) is 17.2 Å². The van der Waals surface area contributed by atoms with E-state index >= 15 is 0 Å². The zero-order valence-electron chi connectivity index (χ0n) is 8.10. The van der Waals surface area contributed by atoms with E-state index in [2.05, 4.69) is 5.73 Å². The molecule has 0 aliphatic carbocycles. The smallest absolute Gasteiger partial charge is 0.458 e. The van der Waals surface area contributed by atoms with E-state index in [1.54, 1.807) is 0 Å². The number of halogens is 6. The summed E-state index contributed by atoms with van der Waals surface area (Å²) in [5.41, 5.74) is 3.07. The van der Waals surface area contributed by atoms with Gasteiger partial charge in [-0.25, -0.2) is 4.39 Å². The highest BCUT2D eigenvalue weighted by Gasteiger charge is 2.71. The summed E-state index contributed by atoms with van der Waals surface area (Å²) in [6.07, 6.45) is -6.17. The molecular weight excluding hydrogens is 252 g/mol. The van der Waals surface area contributed by atoms with Crippen molar-refractivity contribution in [3.63, 3.8) is 0 Å². The third-order valence-electron chi connectivity index (χ3n) is 2.11. The lowest BCUT2D eigenvalue weighted by Crippen LogP contribution is -2.57. The molecule has 3 N–H and O–H groups in total. The first-order valence-electron chi connectivity index (χ1n) is 4.22. The molecule has 1 aromatic rings. The average molecular weight is 259 g/mol. The number of aromatic hydroxyl groups is 1. The predicted molar refractivity (Wildman–Crippen MR) is 46.1 cm³/mol. The Kier molecular flexibility index (Phi) is 3.04. The molecule has 1 aromatic carbocycles. The molecule has 96 valence electrons. The normalized spacial score (nSPS) is 16.6. The number of nitrogens with two attached hydrogens (primary N) is 1. The molecule has 0 radical (unpaired) electrons. The second-order valence-electron chi connectivity index (χ2n) is 3.30. The zero-order chi connectivity index (χ0) is 13.5. The lowest BCUT2D eigenvalue weighted by molar-refractivity contribution is -0.330. The fraction of sp³-hybridized carbons (Fsp3) is 0.333. The van der Waals surface area contributed by atoms with E-state index in [1.165, 1.54) is 0 Å². The van der Waals surface area contributed by atoms with Crippen molar-refractivity contribution in [2.45, 2.75) is 17.9 Å². The Balaban J connectivity index is 3.34. The summed E-state index contributed by atoms with van der Waals surface area (Å²) < 4.78 is 75.2. The van der Waals surface area contributed by atoms with Gasteiger partial charge in [-0.2, -0.15) is 22.0 Å². The summed E-state index contributed by atoms with van der Waals surface area (Å²) >= 11 is 0. The number of para-hydroxylation sites is 1. The molecule has 0 fully saturated rings. The molecular formula is C9H7F6NO. The summed E-state index contributed by atoms with van der Waals surface area (Å²) in [5, 5.41) is 9.05. The highest BCUT2D eigenvalue weighted by Crippen LogP contribution is 2.49.